The number of carbonyl (C=O) groups is 3. The molecule has 25 heavy (non-hydrogen) atoms. The van der Waals surface area contributed by atoms with E-state index < -0.39 is 41.9 Å². The highest BCUT2D eigenvalue weighted by atomic mass is 19.1. The second kappa shape index (κ2) is 8.14. The van der Waals surface area contributed by atoms with E-state index in [4.69, 9.17) is 4.74 Å². The van der Waals surface area contributed by atoms with Crippen LogP contribution in [0.3, 0.4) is 0 Å². The summed E-state index contributed by atoms with van der Waals surface area (Å²) in [5, 5.41) is 2.31. The van der Waals surface area contributed by atoms with E-state index in [-0.39, 0.29) is 11.1 Å². The van der Waals surface area contributed by atoms with Crippen LogP contribution in [0.1, 0.15) is 27.6 Å². The molecule has 0 unspecified atom stereocenters. The molecule has 2 aromatic rings. The Balaban J connectivity index is 1.84. The van der Waals surface area contributed by atoms with Crippen LogP contribution in [0.4, 0.5) is 8.78 Å². The van der Waals surface area contributed by atoms with Crippen molar-refractivity contribution in [2.24, 2.45) is 0 Å². The van der Waals surface area contributed by atoms with Gasteiger partial charge in [0.05, 0.1) is 0 Å². The van der Waals surface area contributed by atoms with Crippen LogP contribution >= 0.6 is 0 Å². The molecule has 0 aliphatic carbocycles. The molecule has 0 fully saturated rings. The SMILES string of the molecule is C[C@H](OC(=O)CNC(=O)c1ccc(F)cc1)C(=O)c1ccc(F)cc1. The number of ether oxygens (including phenoxy) is 1. The maximum atomic E-state index is 12.8. The number of hydrogen-bond donors (Lipinski definition) is 1. The van der Waals surface area contributed by atoms with Crippen molar-refractivity contribution in [3.63, 3.8) is 0 Å². The average molecular weight is 347 g/mol. The molecule has 130 valence electrons. The third-order valence-electron chi connectivity index (χ3n) is 3.31. The van der Waals surface area contributed by atoms with E-state index in [1.807, 2.05) is 0 Å². The van der Waals surface area contributed by atoms with Crippen LogP contribution in [-0.2, 0) is 9.53 Å². The minimum Gasteiger partial charge on any atom is -0.453 e. The summed E-state index contributed by atoms with van der Waals surface area (Å²) in [7, 11) is 0. The molecule has 0 spiro atoms. The molecule has 0 saturated carbocycles. The summed E-state index contributed by atoms with van der Waals surface area (Å²) in [6.07, 6.45) is -1.08. The summed E-state index contributed by atoms with van der Waals surface area (Å²) in [5.41, 5.74) is 0.390. The fourth-order valence-electron chi connectivity index (χ4n) is 2.00. The smallest absolute Gasteiger partial charge is 0.326 e. The minimum atomic E-state index is -1.08. The first-order valence-electron chi connectivity index (χ1n) is 7.40. The lowest BCUT2D eigenvalue weighted by Crippen LogP contribution is -2.34. The molecular formula is C18H15F2NO4. The molecule has 5 nitrogen and oxygen atoms in total. The lowest BCUT2D eigenvalue weighted by Gasteiger charge is -2.13. The number of ketones is 1. The molecule has 7 heteroatoms. The average Bonchev–Trinajstić information content (AvgIpc) is 2.60. The maximum Gasteiger partial charge on any atom is 0.326 e. The van der Waals surface area contributed by atoms with E-state index in [2.05, 4.69) is 5.32 Å². The molecule has 0 aliphatic rings. The van der Waals surface area contributed by atoms with Gasteiger partial charge in [0.15, 0.2) is 6.10 Å². The molecule has 2 aromatic carbocycles. The zero-order chi connectivity index (χ0) is 18.4. The van der Waals surface area contributed by atoms with Crippen molar-refractivity contribution in [1.82, 2.24) is 5.32 Å². The van der Waals surface area contributed by atoms with Crippen molar-refractivity contribution in [3.05, 3.63) is 71.3 Å². The van der Waals surface area contributed by atoms with Gasteiger partial charge in [-0.15, -0.1) is 0 Å². The Morgan fingerprint density at radius 1 is 0.920 bits per heavy atom. The van der Waals surface area contributed by atoms with Gasteiger partial charge in [0.25, 0.3) is 5.91 Å². The number of rotatable bonds is 6. The summed E-state index contributed by atoms with van der Waals surface area (Å²) in [6.45, 7) is 0.933. The van der Waals surface area contributed by atoms with Gasteiger partial charge in [-0.25, -0.2) is 8.78 Å². The Morgan fingerprint density at radius 3 is 1.92 bits per heavy atom. The molecule has 0 saturated heterocycles. The van der Waals surface area contributed by atoms with Gasteiger partial charge in [-0.2, -0.15) is 0 Å². The summed E-state index contributed by atoms with van der Waals surface area (Å²) in [5.74, 6) is -2.83. The van der Waals surface area contributed by atoms with E-state index >= 15 is 0 Å². The predicted octanol–water partition coefficient (Wildman–Crippen LogP) is 2.51. The summed E-state index contributed by atoms with van der Waals surface area (Å²) >= 11 is 0. The van der Waals surface area contributed by atoms with Crippen molar-refractivity contribution in [2.75, 3.05) is 6.54 Å². The monoisotopic (exact) mass is 347 g/mol. The maximum absolute atomic E-state index is 12.8. The van der Waals surface area contributed by atoms with Gasteiger partial charge in [-0.3, -0.25) is 14.4 Å². The van der Waals surface area contributed by atoms with Crippen molar-refractivity contribution in [3.8, 4) is 0 Å². The van der Waals surface area contributed by atoms with Gasteiger partial charge >= 0.3 is 5.97 Å². The van der Waals surface area contributed by atoms with E-state index in [1.54, 1.807) is 0 Å². The van der Waals surface area contributed by atoms with Gasteiger partial charge in [0.1, 0.15) is 18.2 Å². The number of nitrogens with one attached hydrogen (secondary N) is 1. The quantitative estimate of drug-likeness (QED) is 0.644. The highest BCUT2D eigenvalue weighted by molar-refractivity contribution is 6.00. The first-order chi connectivity index (χ1) is 11.9. The van der Waals surface area contributed by atoms with Crippen LogP contribution in [0.2, 0.25) is 0 Å². The molecule has 0 aliphatic heterocycles. The molecule has 0 bridgehead atoms. The predicted molar refractivity (Wildman–Crippen MR) is 85.0 cm³/mol. The van der Waals surface area contributed by atoms with Gasteiger partial charge in [-0.1, -0.05) is 0 Å². The highest BCUT2D eigenvalue weighted by Crippen LogP contribution is 2.08. The molecule has 1 atom stereocenters. The molecule has 0 heterocycles. The largest absolute Gasteiger partial charge is 0.453 e. The highest BCUT2D eigenvalue weighted by Gasteiger charge is 2.20. The third kappa shape index (κ3) is 5.20. The summed E-state index contributed by atoms with van der Waals surface area (Å²) < 4.78 is 30.6. The molecule has 0 radical (unpaired) electrons. The van der Waals surface area contributed by atoms with Crippen LogP contribution < -0.4 is 5.32 Å². The van der Waals surface area contributed by atoms with Gasteiger partial charge in [-0.05, 0) is 55.5 Å². The first-order valence-corrected chi connectivity index (χ1v) is 7.40. The summed E-state index contributed by atoms with van der Waals surface area (Å²) in [6, 6.07) is 9.63. The zero-order valence-electron chi connectivity index (χ0n) is 13.3. The fraction of sp³-hybridized carbons (Fsp3) is 0.167. The van der Waals surface area contributed by atoms with Gasteiger partial charge in [0, 0.05) is 11.1 Å². The summed E-state index contributed by atoms with van der Waals surface area (Å²) in [4.78, 5) is 35.6. The first kappa shape index (κ1) is 18.3. The second-order valence-corrected chi connectivity index (χ2v) is 5.19. The lowest BCUT2D eigenvalue weighted by atomic mass is 10.1. The van der Waals surface area contributed by atoms with E-state index in [0.717, 1.165) is 24.3 Å². The molecule has 2 rings (SSSR count). The molecular weight excluding hydrogens is 332 g/mol. The zero-order valence-corrected chi connectivity index (χ0v) is 13.3. The normalized spacial score (nSPS) is 11.5. The van der Waals surface area contributed by atoms with Gasteiger partial charge < -0.3 is 10.1 Å². The Morgan fingerprint density at radius 2 is 1.40 bits per heavy atom. The number of benzene rings is 2. The van der Waals surface area contributed by atoms with Crippen LogP contribution in [0, 0.1) is 11.6 Å². The molecule has 0 aromatic heterocycles. The van der Waals surface area contributed by atoms with Crippen LogP contribution in [0.5, 0.6) is 0 Å². The molecule has 1 amide bonds. The third-order valence-corrected chi connectivity index (χ3v) is 3.31. The fourth-order valence-corrected chi connectivity index (χ4v) is 2.00. The number of hydrogen-bond acceptors (Lipinski definition) is 4. The Hall–Kier alpha value is -3.09. The van der Waals surface area contributed by atoms with Crippen LogP contribution in [0.15, 0.2) is 48.5 Å². The number of Topliss-reactive ketones (excluding diaryl/α,β-unsaturated/α-hetero) is 1. The van der Waals surface area contributed by atoms with Gasteiger partial charge in [0.2, 0.25) is 5.78 Å². The minimum absolute atomic E-state index is 0.185. The van der Waals surface area contributed by atoms with Crippen molar-refractivity contribution in [1.29, 1.82) is 0 Å². The number of esters is 1. The van der Waals surface area contributed by atoms with E-state index in [9.17, 15) is 23.2 Å². The number of halogens is 2. The molecule has 1 N–H and O–H groups in total. The number of carbonyl (C=O) groups excluding carboxylic acids is 3. The van der Waals surface area contributed by atoms with Crippen LogP contribution in [-0.4, -0.2) is 30.3 Å². The van der Waals surface area contributed by atoms with Crippen molar-refractivity contribution in [2.45, 2.75) is 13.0 Å². The Bertz CT molecular complexity index is 773. The Kier molecular flexibility index (Phi) is 5.94. The van der Waals surface area contributed by atoms with Crippen molar-refractivity contribution >= 4 is 17.7 Å². The number of amides is 1. The Labute approximate surface area is 142 Å². The van der Waals surface area contributed by atoms with Crippen LogP contribution in [0.25, 0.3) is 0 Å². The standard InChI is InChI=1S/C18H15F2NO4/c1-11(17(23)12-2-6-14(19)7-3-12)25-16(22)10-21-18(24)13-4-8-15(20)9-5-13/h2-9,11H,10H2,1H3,(H,21,24)/t11-/m0/s1. The van der Waals surface area contributed by atoms with E-state index in [0.29, 0.717) is 0 Å². The van der Waals surface area contributed by atoms with Crippen molar-refractivity contribution < 1.29 is 27.9 Å². The lowest BCUT2D eigenvalue weighted by molar-refractivity contribution is -0.145. The second-order valence-electron chi connectivity index (χ2n) is 5.19. The topological polar surface area (TPSA) is 72.5 Å². The van der Waals surface area contributed by atoms with E-state index in [1.165, 1.54) is 31.2 Å².